The Morgan fingerprint density at radius 1 is 1.38 bits per heavy atom. The topological polar surface area (TPSA) is 50.8 Å². The first-order valence-electron chi connectivity index (χ1n) is 7.94. The molecule has 0 aliphatic carbocycles. The fraction of sp³-hybridized carbons (Fsp3) is 0.588. The maximum atomic E-state index is 15.8. The Bertz CT molecular complexity index is 573. The third-order valence-electron chi connectivity index (χ3n) is 3.53. The summed E-state index contributed by atoms with van der Waals surface area (Å²) in [4.78, 5) is 14.0. The van der Waals surface area contributed by atoms with Crippen molar-refractivity contribution in [3.8, 4) is 0 Å². The van der Waals surface area contributed by atoms with E-state index in [-0.39, 0.29) is 12.1 Å². The highest BCUT2D eigenvalue weighted by Gasteiger charge is 2.38. The van der Waals surface area contributed by atoms with E-state index in [4.69, 9.17) is 21.1 Å². The molecule has 0 radical (unpaired) electrons. The Morgan fingerprint density at radius 2 is 2.04 bits per heavy atom. The van der Waals surface area contributed by atoms with Gasteiger partial charge in [-0.2, -0.15) is 0 Å². The molecule has 1 aliphatic heterocycles. The molecule has 2 rings (SSSR count). The molecule has 0 spiro atoms. The summed E-state index contributed by atoms with van der Waals surface area (Å²) in [6.45, 7) is 7.46. The van der Waals surface area contributed by atoms with Crippen LogP contribution in [-0.2, 0) is 15.3 Å². The lowest BCUT2D eigenvalue weighted by Gasteiger charge is -2.35. The van der Waals surface area contributed by atoms with Crippen molar-refractivity contribution >= 4 is 17.7 Å². The minimum Gasteiger partial charge on any atom is -0.444 e. The van der Waals surface area contributed by atoms with Crippen LogP contribution in [0, 0.1) is 0 Å². The second-order valence-electron chi connectivity index (χ2n) is 6.83. The molecule has 1 atom stereocenters. The average molecular weight is 359 g/mol. The van der Waals surface area contributed by atoms with Crippen LogP contribution < -0.4 is 5.32 Å². The number of alkyl carbamates (subject to hydrolysis) is 1. The van der Waals surface area contributed by atoms with E-state index < -0.39 is 17.5 Å². The van der Waals surface area contributed by atoms with Crippen LogP contribution in [0.15, 0.2) is 24.3 Å². The second-order valence-corrected chi connectivity index (χ2v) is 7.26. The molecular weight excluding hydrogens is 335 g/mol. The van der Waals surface area contributed by atoms with E-state index in [0.29, 0.717) is 31.3 Å². The molecule has 1 saturated heterocycles. The lowest BCUT2D eigenvalue weighted by Crippen LogP contribution is -2.53. The number of hydrogen-bond acceptors (Lipinski definition) is 4. The number of carbonyl (C=O) groups is 1. The van der Waals surface area contributed by atoms with Crippen LogP contribution in [0.25, 0.3) is 0 Å². The highest BCUT2D eigenvalue weighted by Crippen LogP contribution is 2.28. The van der Waals surface area contributed by atoms with E-state index in [1.165, 1.54) is 6.07 Å². The Hall–Kier alpha value is -1.37. The fourth-order valence-corrected chi connectivity index (χ4v) is 2.66. The monoisotopic (exact) mass is 358 g/mol. The van der Waals surface area contributed by atoms with Crippen molar-refractivity contribution in [1.82, 2.24) is 10.2 Å². The minimum atomic E-state index is -2.11. The van der Waals surface area contributed by atoms with E-state index in [2.05, 4.69) is 5.32 Å². The quantitative estimate of drug-likeness (QED) is 0.839. The van der Waals surface area contributed by atoms with Crippen LogP contribution in [0.1, 0.15) is 26.3 Å². The SMILES string of the molecule is CC(C)(C)OC(=O)NC(F)(CN1CCOCC1)c1cccc(Cl)c1. The van der Waals surface area contributed by atoms with Gasteiger partial charge in [0.15, 0.2) is 0 Å². The van der Waals surface area contributed by atoms with Crippen molar-refractivity contribution in [2.45, 2.75) is 32.2 Å². The van der Waals surface area contributed by atoms with Gasteiger partial charge in [0.05, 0.1) is 19.8 Å². The number of amides is 1. The largest absolute Gasteiger partial charge is 0.444 e. The predicted octanol–water partition coefficient (Wildman–Crippen LogP) is 3.32. The molecule has 5 nitrogen and oxygen atoms in total. The van der Waals surface area contributed by atoms with Gasteiger partial charge in [0, 0.05) is 23.7 Å². The van der Waals surface area contributed by atoms with E-state index in [0.717, 1.165) is 0 Å². The van der Waals surface area contributed by atoms with Crippen molar-refractivity contribution in [3.05, 3.63) is 34.9 Å². The van der Waals surface area contributed by atoms with E-state index in [1.807, 2.05) is 4.90 Å². The van der Waals surface area contributed by atoms with Crippen molar-refractivity contribution in [1.29, 1.82) is 0 Å². The summed E-state index contributed by atoms with van der Waals surface area (Å²) in [5.41, 5.74) is -0.425. The normalized spacial score (nSPS) is 18.7. The van der Waals surface area contributed by atoms with Gasteiger partial charge in [0.25, 0.3) is 0 Å². The smallest absolute Gasteiger partial charge is 0.410 e. The third kappa shape index (κ3) is 5.61. The molecule has 0 aromatic heterocycles. The summed E-state index contributed by atoms with van der Waals surface area (Å²) in [7, 11) is 0. The molecule has 0 bridgehead atoms. The van der Waals surface area contributed by atoms with Gasteiger partial charge >= 0.3 is 6.09 Å². The number of halogens is 2. The molecule has 1 aromatic carbocycles. The molecule has 1 N–H and O–H groups in total. The summed E-state index contributed by atoms with van der Waals surface area (Å²) < 4.78 is 26.3. The van der Waals surface area contributed by atoms with E-state index >= 15 is 4.39 Å². The number of morpholine rings is 1. The minimum absolute atomic E-state index is 0.00402. The number of nitrogens with zero attached hydrogens (tertiary/aromatic N) is 1. The van der Waals surface area contributed by atoms with E-state index in [9.17, 15) is 4.79 Å². The molecule has 7 heteroatoms. The molecule has 24 heavy (non-hydrogen) atoms. The Labute approximate surface area is 147 Å². The number of hydrogen-bond donors (Lipinski definition) is 1. The van der Waals surface area contributed by atoms with Crippen molar-refractivity contribution in [2.75, 3.05) is 32.8 Å². The fourth-order valence-electron chi connectivity index (χ4n) is 2.47. The average Bonchev–Trinajstić information content (AvgIpc) is 2.46. The van der Waals surface area contributed by atoms with Crippen LogP contribution in [0.2, 0.25) is 5.02 Å². The number of carbonyl (C=O) groups excluding carboxylic acids is 1. The Balaban J connectivity index is 2.21. The van der Waals surface area contributed by atoms with Crippen LogP contribution in [0.3, 0.4) is 0 Å². The van der Waals surface area contributed by atoms with Crippen LogP contribution in [-0.4, -0.2) is 49.4 Å². The lowest BCUT2D eigenvalue weighted by atomic mass is 10.0. The molecule has 1 aromatic rings. The van der Waals surface area contributed by atoms with Crippen molar-refractivity contribution in [3.63, 3.8) is 0 Å². The van der Waals surface area contributed by atoms with Gasteiger partial charge in [-0.25, -0.2) is 9.18 Å². The van der Waals surface area contributed by atoms with Crippen LogP contribution in [0.4, 0.5) is 9.18 Å². The molecule has 1 unspecified atom stereocenters. The Morgan fingerprint density at radius 3 is 2.62 bits per heavy atom. The summed E-state index contributed by atoms with van der Waals surface area (Å²) in [5.74, 6) is -2.11. The maximum Gasteiger partial charge on any atom is 0.410 e. The highest BCUT2D eigenvalue weighted by molar-refractivity contribution is 6.30. The number of alkyl halides is 1. The number of ether oxygens (including phenoxy) is 2. The molecule has 1 aliphatic rings. The van der Waals surface area contributed by atoms with Crippen molar-refractivity contribution < 1.29 is 18.7 Å². The molecule has 0 saturated carbocycles. The van der Waals surface area contributed by atoms with Gasteiger partial charge < -0.3 is 9.47 Å². The van der Waals surface area contributed by atoms with Crippen LogP contribution in [0.5, 0.6) is 0 Å². The number of benzene rings is 1. The zero-order chi connectivity index (χ0) is 17.8. The Kier molecular flexibility index (Phi) is 6.06. The van der Waals surface area contributed by atoms with Gasteiger partial charge in [-0.3, -0.25) is 10.2 Å². The third-order valence-corrected chi connectivity index (χ3v) is 3.76. The summed E-state index contributed by atoms with van der Waals surface area (Å²) in [5, 5.41) is 2.78. The molecular formula is C17H24ClFN2O3. The first kappa shape index (κ1) is 19.0. The first-order chi connectivity index (χ1) is 11.2. The maximum absolute atomic E-state index is 15.8. The number of rotatable bonds is 4. The lowest BCUT2D eigenvalue weighted by molar-refractivity contribution is -0.0158. The van der Waals surface area contributed by atoms with Gasteiger partial charge in [-0.1, -0.05) is 23.7 Å². The van der Waals surface area contributed by atoms with E-state index in [1.54, 1.807) is 39.0 Å². The highest BCUT2D eigenvalue weighted by atomic mass is 35.5. The van der Waals surface area contributed by atoms with Gasteiger partial charge in [-0.15, -0.1) is 0 Å². The second kappa shape index (κ2) is 7.68. The molecule has 1 fully saturated rings. The summed E-state index contributed by atoms with van der Waals surface area (Å²) in [6, 6.07) is 6.43. The van der Waals surface area contributed by atoms with Gasteiger partial charge in [-0.05, 0) is 32.9 Å². The standard InChI is InChI=1S/C17H24ClFN2O3/c1-16(2,3)24-15(22)20-17(19,12-21-7-9-23-10-8-21)13-5-4-6-14(18)11-13/h4-6,11H,7-10,12H2,1-3H3,(H,20,22). The zero-order valence-corrected chi connectivity index (χ0v) is 15.0. The zero-order valence-electron chi connectivity index (χ0n) is 14.3. The first-order valence-corrected chi connectivity index (χ1v) is 8.32. The molecule has 1 amide bonds. The van der Waals surface area contributed by atoms with Gasteiger partial charge in [0.2, 0.25) is 5.79 Å². The predicted molar refractivity (Wildman–Crippen MR) is 90.9 cm³/mol. The van der Waals surface area contributed by atoms with Crippen LogP contribution >= 0.6 is 11.6 Å². The van der Waals surface area contributed by atoms with Gasteiger partial charge in [0.1, 0.15) is 5.60 Å². The number of nitrogens with one attached hydrogen (secondary N) is 1. The van der Waals surface area contributed by atoms with Crippen molar-refractivity contribution in [2.24, 2.45) is 0 Å². The summed E-state index contributed by atoms with van der Waals surface area (Å²) in [6.07, 6.45) is -0.807. The summed E-state index contributed by atoms with van der Waals surface area (Å²) >= 11 is 5.99. The molecule has 134 valence electrons. The molecule has 1 heterocycles.